The monoisotopic (exact) mass is 284 g/mol. The number of anilines is 2. The van der Waals surface area contributed by atoms with E-state index in [2.05, 4.69) is 19.9 Å². The summed E-state index contributed by atoms with van der Waals surface area (Å²) in [7, 11) is 7.09. The molecule has 0 aromatic carbocycles. The van der Waals surface area contributed by atoms with Crippen molar-refractivity contribution in [2.24, 2.45) is 0 Å². The van der Waals surface area contributed by atoms with Crippen molar-refractivity contribution in [2.75, 3.05) is 65.3 Å². The van der Waals surface area contributed by atoms with Crippen molar-refractivity contribution in [1.82, 2.24) is 19.9 Å². The van der Waals surface area contributed by atoms with Crippen LogP contribution in [0, 0.1) is 0 Å². The largest absolute Gasteiger partial charge is 0.383 e. The zero-order valence-electron chi connectivity index (χ0n) is 12.7. The van der Waals surface area contributed by atoms with Gasteiger partial charge < -0.3 is 20.1 Å². The van der Waals surface area contributed by atoms with E-state index in [1.807, 2.05) is 14.1 Å². The molecule has 1 rings (SSSR count). The van der Waals surface area contributed by atoms with Gasteiger partial charge in [-0.2, -0.15) is 15.0 Å². The molecule has 8 heteroatoms. The van der Waals surface area contributed by atoms with Crippen LogP contribution in [0.25, 0.3) is 0 Å². The first-order valence-corrected chi connectivity index (χ1v) is 6.44. The van der Waals surface area contributed by atoms with Gasteiger partial charge in [0.2, 0.25) is 11.9 Å². The summed E-state index contributed by atoms with van der Waals surface area (Å²) in [5, 5.41) is 0. The molecule has 0 saturated carbocycles. The lowest BCUT2D eigenvalue weighted by atomic mass is 10.4. The number of methoxy groups -OCH3 is 2. The maximum absolute atomic E-state index is 5.72. The lowest BCUT2D eigenvalue weighted by Crippen LogP contribution is -2.31. The van der Waals surface area contributed by atoms with Crippen LogP contribution in [-0.2, 0) is 16.0 Å². The Morgan fingerprint density at radius 1 is 1.00 bits per heavy atom. The Hall–Kier alpha value is -1.51. The number of aromatic nitrogens is 3. The number of hydrogen-bond acceptors (Lipinski definition) is 8. The SMILES string of the molecule is COCCN(CCOC)Cc1nc(N)nc(N(C)C)n1. The molecule has 8 nitrogen and oxygen atoms in total. The van der Waals surface area contributed by atoms with Crippen LogP contribution >= 0.6 is 0 Å². The fourth-order valence-electron chi connectivity index (χ4n) is 1.61. The zero-order chi connectivity index (χ0) is 15.0. The summed E-state index contributed by atoms with van der Waals surface area (Å²) in [4.78, 5) is 16.6. The first kappa shape index (κ1) is 16.5. The third-order valence-electron chi connectivity index (χ3n) is 2.68. The van der Waals surface area contributed by atoms with E-state index in [9.17, 15) is 0 Å². The molecule has 114 valence electrons. The molecule has 20 heavy (non-hydrogen) atoms. The van der Waals surface area contributed by atoms with E-state index in [0.29, 0.717) is 31.5 Å². The van der Waals surface area contributed by atoms with Crippen LogP contribution in [0.3, 0.4) is 0 Å². The Labute approximate surface area is 119 Å². The van der Waals surface area contributed by atoms with Crippen LogP contribution in [-0.4, -0.2) is 74.5 Å². The summed E-state index contributed by atoms with van der Waals surface area (Å²) in [6, 6.07) is 0. The first-order chi connectivity index (χ1) is 9.56. The van der Waals surface area contributed by atoms with Gasteiger partial charge in [-0.05, 0) is 0 Å². The second-order valence-electron chi connectivity index (χ2n) is 4.57. The standard InChI is InChI=1S/C12H24N6O2/c1-17(2)12-15-10(14-11(13)16-12)9-18(5-7-19-3)6-8-20-4/h5-9H2,1-4H3,(H2,13,14,15,16). The Kier molecular flexibility index (Phi) is 7.13. The first-order valence-electron chi connectivity index (χ1n) is 6.44. The highest BCUT2D eigenvalue weighted by Gasteiger charge is 2.11. The van der Waals surface area contributed by atoms with Gasteiger partial charge in [-0.3, -0.25) is 4.90 Å². The van der Waals surface area contributed by atoms with Crippen molar-refractivity contribution in [3.63, 3.8) is 0 Å². The molecule has 0 atom stereocenters. The van der Waals surface area contributed by atoms with Crippen LogP contribution < -0.4 is 10.6 Å². The molecule has 2 N–H and O–H groups in total. The molecular weight excluding hydrogens is 260 g/mol. The minimum Gasteiger partial charge on any atom is -0.383 e. The fourth-order valence-corrected chi connectivity index (χ4v) is 1.61. The molecule has 1 aromatic rings. The van der Waals surface area contributed by atoms with Crippen LogP contribution in [0.2, 0.25) is 0 Å². The van der Waals surface area contributed by atoms with Gasteiger partial charge in [0.15, 0.2) is 0 Å². The molecule has 0 aliphatic heterocycles. The van der Waals surface area contributed by atoms with Crippen LogP contribution in [0.5, 0.6) is 0 Å². The topological polar surface area (TPSA) is 89.6 Å². The lowest BCUT2D eigenvalue weighted by molar-refractivity contribution is 0.109. The Bertz CT molecular complexity index is 394. The Morgan fingerprint density at radius 3 is 2.10 bits per heavy atom. The number of ether oxygens (including phenoxy) is 2. The average molecular weight is 284 g/mol. The zero-order valence-corrected chi connectivity index (χ0v) is 12.7. The molecule has 0 aliphatic rings. The van der Waals surface area contributed by atoms with E-state index in [-0.39, 0.29) is 5.95 Å². The van der Waals surface area contributed by atoms with Gasteiger partial charge in [0.25, 0.3) is 0 Å². The summed E-state index contributed by atoms with van der Waals surface area (Å²) in [6.07, 6.45) is 0. The van der Waals surface area contributed by atoms with E-state index in [1.54, 1.807) is 19.1 Å². The number of nitrogen functional groups attached to an aromatic ring is 1. The number of nitrogens with two attached hydrogens (primary N) is 1. The van der Waals surface area contributed by atoms with Gasteiger partial charge in [-0.15, -0.1) is 0 Å². The highest BCUT2D eigenvalue weighted by Crippen LogP contribution is 2.07. The molecule has 0 aliphatic carbocycles. The highest BCUT2D eigenvalue weighted by atomic mass is 16.5. The van der Waals surface area contributed by atoms with Crippen molar-refractivity contribution in [1.29, 1.82) is 0 Å². The minimum absolute atomic E-state index is 0.233. The van der Waals surface area contributed by atoms with E-state index >= 15 is 0 Å². The summed E-state index contributed by atoms with van der Waals surface area (Å²) < 4.78 is 10.2. The fraction of sp³-hybridized carbons (Fsp3) is 0.750. The van der Waals surface area contributed by atoms with Crippen molar-refractivity contribution < 1.29 is 9.47 Å². The van der Waals surface area contributed by atoms with Crippen molar-refractivity contribution >= 4 is 11.9 Å². The van der Waals surface area contributed by atoms with Gasteiger partial charge in [-0.25, -0.2) is 0 Å². The van der Waals surface area contributed by atoms with Gasteiger partial charge in [0.05, 0.1) is 19.8 Å². The number of hydrogen-bond donors (Lipinski definition) is 1. The summed E-state index contributed by atoms with van der Waals surface area (Å²) >= 11 is 0. The molecule has 0 fully saturated rings. The molecular formula is C12H24N6O2. The minimum atomic E-state index is 0.233. The normalized spacial score (nSPS) is 11.1. The van der Waals surface area contributed by atoms with Crippen molar-refractivity contribution in [2.45, 2.75) is 6.54 Å². The van der Waals surface area contributed by atoms with Gasteiger partial charge >= 0.3 is 0 Å². The highest BCUT2D eigenvalue weighted by molar-refractivity contribution is 5.32. The molecule has 0 spiro atoms. The number of rotatable bonds is 9. The van der Waals surface area contributed by atoms with E-state index in [1.165, 1.54) is 0 Å². The summed E-state index contributed by atoms with van der Waals surface area (Å²) in [5.74, 6) is 1.44. The van der Waals surface area contributed by atoms with Crippen molar-refractivity contribution in [3.05, 3.63) is 5.82 Å². The molecule has 0 radical (unpaired) electrons. The predicted octanol–water partition coefficient (Wildman–Crippen LogP) is -0.385. The molecule has 1 aromatic heterocycles. The number of nitrogens with zero attached hydrogens (tertiary/aromatic N) is 5. The third kappa shape index (κ3) is 5.64. The third-order valence-corrected chi connectivity index (χ3v) is 2.68. The molecule has 1 heterocycles. The summed E-state index contributed by atoms with van der Waals surface area (Å²) in [6.45, 7) is 3.43. The second kappa shape index (κ2) is 8.62. The van der Waals surface area contributed by atoms with Crippen molar-refractivity contribution in [3.8, 4) is 0 Å². The Balaban J connectivity index is 2.75. The quantitative estimate of drug-likeness (QED) is 0.656. The maximum Gasteiger partial charge on any atom is 0.229 e. The van der Waals surface area contributed by atoms with Gasteiger partial charge in [0.1, 0.15) is 5.82 Å². The molecule has 0 amide bonds. The lowest BCUT2D eigenvalue weighted by Gasteiger charge is -2.21. The average Bonchev–Trinajstić information content (AvgIpc) is 2.41. The summed E-state index contributed by atoms with van der Waals surface area (Å²) in [5.41, 5.74) is 5.72. The van der Waals surface area contributed by atoms with E-state index in [0.717, 1.165) is 13.1 Å². The molecule has 0 bridgehead atoms. The predicted molar refractivity (Wildman–Crippen MR) is 77.6 cm³/mol. The maximum atomic E-state index is 5.72. The van der Waals surface area contributed by atoms with Crippen LogP contribution in [0.4, 0.5) is 11.9 Å². The van der Waals surface area contributed by atoms with E-state index in [4.69, 9.17) is 15.2 Å². The van der Waals surface area contributed by atoms with Crippen LogP contribution in [0.1, 0.15) is 5.82 Å². The van der Waals surface area contributed by atoms with Gasteiger partial charge in [-0.1, -0.05) is 0 Å². The molecule has 0 unspecified atom stereocenters. The molecule has 0 saturated heterocycles. The Morgan fingerprint density at radius 2 is 1.60 bits per heavy atom. The van der Waals surface area contributed by atoms with Gasteiger partial charge in [0, 0.05) is 41.4 Å². The second-order valence-corrected chi connectivity index (χ2v) is 4.57. The van der Waals surface area contributed by atoms with E-state index < -0.39 is 0 Å². The smallest absolute Gasteiger partial charge is 0.229 e. The van der Waals surface area contributed by atoms with Crippen LogP contribution in [0.15, 0.2) is 0 Å².